The lowest BCUT2D eigenvalue weighted by atomic mass is 10.2. The number of anilines is 1. The lowest BCUT2D eigenvalue weighted by Gasteiger charge is -2.19. The Balaban J connectivity index is 1.87. The van der Waals surface area contributed by atoms with Gasteiger partial charge in [0, 0.05) is 5.69 Å². The molecular weight excluding hydrogens is 365 g/mol. The molecule has 2 rings (SSSR count). The zero-order chi connectivity index (χ0) is 19.2. The summed E-state index contributed by atoms with van der Waals surface area (Å²) in [5, 5.41) is 5.92. The van der Waals surface area contributed by atoms with Gasteiger partial charge in [0.05, 0.1) is 18.7 Å². The van der Waals surface area contributed by atoms with Gasteiger partial charge in [-0.1, -0.05) is 18.2 Å². The van der Waals surface area contributed by atoms with E-state index in [0.717, 1.165) is 12.1 Å². The molecule has 140 valence electrons. The van der Waals surface area contributed by atoms with Crippen LogP contribution in [-0.4, -0.2) is 24.9 Å². The third kappa shape index (κ3) is 5.80. The summed E-state index contributed by atoms with van der Waals surface area (Å²) in [7, 11) is 1.55. The average molecular weight is 384 g/mol. The molecule has 2 aromatic carbocycles. The van der Waals surface area contributed by atoms with Crippen LogP contribution in [0.3, 0.4) is 0 Å². The number of nitrogens with one attached hydrogen (secondary N) is 2. The average Bonchev–Trinajstić information content (AvgIpc) is 2.59. The van der Waals surface area contributed by atoms with Gasteiger partial charge in [0.1, 0.15) is 6.61 Å². The molecule has 0 fully saturated rings. The molecular formula is C18H19F3N2O2S. The normalized spacial score (nSPS) is 12.2. The summed E-state index contributed by atoms with van der Waals surface area (Å²) in [4.78, 5) is 0. The van der Waals surface area contributed by atoms with Crippen molar-refractivity contribution in [3.05, 3.63) is 54.1 Å². The highest BCUT2D eigenvalue weighted by atomic mass is 32.1. The number of benzene rings is 2. The number of para-hydroxylation sites is 2. The minimum absolute atomic E-state index is 0.175. The zero-order valence-corrected chi connectivity index (χ0v) is 15.1. The monoisotopic (exact) mass is 384 g/mol. The predicted molar refractivity (Wildman–Crippen MR) is 98.8 cm³/mol. The van der Waals surface area contributed by atoms with E-state index in [9.17, 15) is 13.2 Å². The number of thiocarbonyl (C=S) groups is 1. The van der Waals surface area contributed by atoms with Crippen LogP contribution >= 0.6 is 12.2 Å². The fourth-order valence-corrected chi connectivity index (χ4v) is 2.48. The van der Waals surface area contributed by atoms with E-state index in [2.05, 4.69) is 10.6 Å². The summed E-state index contributed by atoms with van der Waals surface area (Å²) in [6, 6.07) is 11.9. The fraction of sp³-hybridized carbons (Fsp3) is 0.278. The second-order valence-electron chi connectivity index (χ2n) is 5.54. The number of ether oxygens (including phenoxy) is 2. The summed E-state index contributed by atoms with van der Waals surface area (Å²) in [6.45, 7) is 2.14. The Kier molecular flexibility index (Phi) is 6.68. The van der Waals surface area contributed by atoms with Gasteiger partial charge in [-0.3, -0.25) is 0 Å². The van der Waals surface area contributed by atoms with Crippen LogP contribution in [0.4, 0.5) is 18.9 Å². The van der Waals surface area contributed by atoms with Crippen LogP contribution in [0.15, 0.2) is 48.5 Å². The summed E-state index contributed by atoms with van der Waals surface area (Å²) in [6.07, 6.45) is -4.40. The Bertz CT molecular complexity index is 753. The van der Waals surface area contributed by atoms with Crippen molar-refractivity contribution in [3.8, 4) is 11.5 Å². The first-order chi connectivity index (χ1) is 12.3. The lowest BCUT2D eigenvalue weighted by Crippen LogP contribution is -2.39. The van der Waals surface area contributed by atoms with Gasteiger partial charge in [0.15, 0.2) is 16.6 Å². The van der Waals surface area contributed by atoms with Crippen molar-refractivity contribution in [2.45, 2.75) is 19.1 Å². The fourth-order valence-electron chi connectivity index (χ4n) is 2.16. The number of rotatable bonds is 6. The van der Waals surface area contributed by atoms with E-state index >= 15 is 0 Å². The Hall–Kier alpha value is -2.48. The number of alkyl halides is 3. The van der Waals surface area contributed by atoms with Gasteiger partial charge in [-0.25, -0.2) is 0 Å². The van der Waals surface area contributed by atoms with Crippen molar-refractivity contribution < 1.29 is 22.6 Å². The van der Waals surface area contributed by atoms with Crippen molar-refractivity contribution in [2.75, 3.05) is 19.0 Å². The molecule has 0 aliphatic rings. The number of methoxy groups -OCH3 is 1. The standard InChI is InChI=1S/C18H19F3N2O2S/c1-12(11-25-16-9-4-3-8-15(16)24-2)22-17(26)23-14-7-5-6-13(10-14)18(19,20)21/h3-10,12H,11H2,1-2H3,(H2,22,23,26)/t12-/m0/s1. The Morgan fingerprint density at radius 2 is 1.81 bits per heavy atom. The van der Waals surface area contributed by atoms with Crippen molar-refractivity contribution >= 4 is 23.0 Å². The van der Waals surface area contributed by atoms with Gasteiger partial charge < -0.3 is 20.1 Å². The number of halogens is 3. The third-order valence-corrected chi connectivity index (χ3v) is 3.60. The van der Waals surface area contributed by atoms with E-state index in [0.29, 0.717) is 18.1 Å². The number of hydrogen-bond donors (Lipinski definition) is 2. The zero-order valence-electron chi connectivity index (χ0n) is 14.3. The van der Waals surface area contributed by atoms with E-state index in [1.807, 2.05) is 19.1 Å². The highest BCUT2D eigenvalue weighted by Gasteiger charge is 2.30. The molecule has 1 atom stereocenters. The summed E-state index contributed by atoms with van der Waals surface area (Å²) in [5.74, 6) is 1.21. The molecule has 4 nitrogen and oxygen atoms in total. The summed E-state index contributed by atoms with van der Waals surface area (Å²) in [5.41, 5.74) is -0.479. The molecule has 0 heterocycles. The summed E-state index contributed by atoms with van der Waals surface area (Å²) < 4.78 is 49.1. The molecule has 0 saturated carbocycles. The van der Waals surface area contributed by atoms with E-state index in [-0.39, 0.29) is 16.8 Å². The van der Waals surface area contributed by atoms with E-state index < -0.39 is 11.7 Å². The molecule has 0 unspecified atom stereocenters. The molecule has 0 saturated heterocycles. The van der Waals surface area contributed by atoms with Crippen molar-refractivity contribution in [3.63, 3.8) is 0 Å². The minimum Gasteiger partial charge on any atom is -0.493 e. The second kappa shape index (κ2) is 8.75. The van der Waals surface area contributed by atoms with Crippen LogP contribution in [0, 0.1) is 0 Å². The Morgan fingerprint density at radius 1 is 1.12 bits per heavy atom. The van der Waals surface area contributed by atoms with Gasteiger partial charge in [0.25, 0.3) is 0 Å². The maximum atomic E-state index is 12.7. The van der Waals surface area contributed by atoms with E-state index in [4.69, 9.17) is 21.7 Å². The van der Waals surface area contributed by atoms with Crippen LogP contribution in [-0.2, 0) is 6.18 Å². The molecule has 0 radical (unpaired) electrons. The third-order valence-electron chi connectivity index (χ3n) is 3.38. The largest absolute Gasteiger partial charge is 0.493 e. The number of hydrogen-bond acceptors (Lipinski definition) is 3. The molecule has 8 heteroatoms. The van der Waals surface area contributed by atoms with Crippen LogP contribution in [0.2, 0.25) is 0 Å². The smallest absolute Gasteiger partial charge is 0.416 e. The highest BCUT2D eigenvalue weighted by molar-refractivity contribution is 7.80. The summed E-state index contributed by atoms with van der Waals surface area (Å²) >= 11 is 5.14. The maximum absolute atomic E-state index is 12.7. The van der Waals surface area contributed by atoms with Gasteiger partial charge in [-0.05, 0) is 49.5 Å². The first-order valence-corrected chi connectivity index (χ1v) is 8.21. The van der Waals surface area contributed by atoms with Gasteiger partial charge in [-0.2, -0.15) is 13.2 Å². The van der Waals surface area contributed by atoms with E-state index in [1.165, 1.54) is 12.1 Å². The quantitative estimate of drug-likeness (QED) is 0.720. The van der Waals surface area contributed by atoms with Crippen molar-refractivity contribution in [2.24, 2.45) is 0 Å². The maximum Gasteiger partial charge on any atom is 0.416 e. The molecule has 0 aromatic heterocycles. The van der Waals surface area contributed by atoms with Gasteiger partial charge >= 0.3 is 6.18 Å². The molecule has 0 aliphatic carbocycles. The molecule has 0 spiro atoms. The van der Waals surface area contributed by atoms with Crippen molar-refractivity contribution in [1.29, 1.82) is 0 Å². The Labute approximate surface area is 155 Å². The predicted octanol–water partition coefficient (Wildman–Crippen LogP) is 4.47. The molecule has 0 aliphatic heterocycles. The van der Waals surface area contributed by atoms with Crippen LogP contribution in [0.1, 0.15) is 12.5 Å². The van der Waals surface area contributed by atoms with Crippen LogP contribution in [0.25, 0.3) is 0 Å². The molecule has 0 bridgehead atoms. The van der Waals surface area contributed by atoms with Crippen LogP contribution in [0.5, 0.6) is 11.5 Å². The van der Waals surface area contributed by atoms with Gasteiger partial charge in [0.2, 0.25) is 0 Å². The topological polar surface area (TPSA) is 42.5 Å². The Morgan fingerprint density at radius 3 is 2.46 bits per heavy atom. The first-order valence-electron chi connectivity index (χ1n) is 7.80. The van der Waals surface area contributed by atoms with E-state index in [1.54, 1.807) is 19.2 Å². The SMILES string of the molecule is COc1ccccc1OC[C@H](C)NC(=S)Nc1cccc(C(F)(F)F)c1. The van der Waals surface area contributed by atoms with Crippen LogP contribution < -0.4 is 20.1 Å². The molecule has 2 N–H and O–H groups in total. The van der Waals surface area contributed by atoms with Gasteiger partial charge in [-0.15, -0.1) is 0 Å². The highest BCUT2D eigenvalue weighted by Crippen LogP contribution is 2.30. The molecule has 2 aromatic rings. The first kappa shape index (κ1) is 19.8. The lowest BCUT2D eigenvalue weighted by molar-refractivity contribution is -0.137. The second-order valence-corrected chi connectivity index (χ2v) is 5.95. The van der Waals surface area contributed by atoms with Crippen molar-refractivity contribution in [1.82, 2.24) is 5.32 Å². The molecule has 0 amide bonds. The molecule has 26 heavy (non-hydrogen) atoms. The minimum atomic E-state index is -4.40.